The van der Waals surface area contributed by atoms with Crippen molar-refractivity contribution in [2.24, 2.45) is 11.8 Å². The highest BCUT2D eigenvalue weighted by atomic mass is 15.1. The lowest BCUT2D eigenvalue weighted by Gasteiger charge is -2.37. The molecule has 2 rings (SSSR count). The van der Waals surface area contributed by atoms with Crippen LogP contribution in [-0.4, -0.2) is 20.1 Å². The first kappa shape index (κ1) is 13.9. The third-order valence-corrected chi connectivity index (χ3v) is 3.77. The summed E-state index contributed by atoms with van der Waals surface area (Å²) in [4.78, 5) is 2.38. The smallest absolute Gasteiger partial charge is 0.101 e. The summed E-state index contributed by atoms with van der Waals surface area (Å²) in [6.07, 6.45) is 1.29. The lowest BCUT2D eigenvalue weighted by Crippen LogP contribution is -2.39. The van der Waals surface area contributed by atoms with Gasteiger partial charge in [0.15, 0.2) is 0 Å². The van der Waals surface area contributed by atoms with E-state index < -0.39 is 0 Å². The quantitative estimate of drug-likeness (QED) is 0.905. The van der Waals surface area contributed by atoms with E-state index in [0.29, 0.717) is 11.8 Å². The van der Waals surface area contributed by atoms with Crippen LogP contribution in [0.3, 0.4) is 0 Å². The minimum Gasteiger partial charge on any atom is -0.370 e. The van der Waals surface area contributed by atoms with Gasteiger partial charge in [-0.15, -0.1) is 0 Å². The molecule has 0 bridgehead atoms. The molecule has 102 valence electrons. The Hall–Kier alpha value is -1.53. The van der Waals surface area contributed by atoms with Crippen LogP contribution in [0.5, 0.6) is 0 Å². The molecule has 19 heavy (non-hydrogen) atoms. The summed E-state index contributed by atoms with van der Waals surface area (Å²) < 4.78 is 0. The second-order valence-electron chi connectivity index (χ2n) is 5.84. The Kier molecular flexibility index (Phi) is 4.44. The van der Waals surface area contributed by atoms with Gasteiger partial charge in [0.1, 0.15) is 6.07 Å². The molecular formula is C16H23N3. The van der Waals surface area contributed by atoms with E-state index in [0.717, 1.165) is 30.9 Å². The van der Waals surface area contributed by atoms with Crippen molar-refractivity contribution in [3.05, 3.63) is 29.3 Å². The molecule has 1 N–H and O–H groups in total. The van der Waals surface area contributed by atoms with Crippen molar-refractivity contribution in [1.82, 2.24) is 5.32 Å². The molecule has 0 saturated carbocycles. The molecule has 0 radical (unpaired) electrons. The number of nitrogens with zero attached hydrogens (tertiary/aromatic N) is 2. The van der Waals surface area contributed by atoms with E-state index in [-0.39, 0.29) is 0 Å². The molecule has 2 unspecified atom stereocenters. The topological polar surface area (TPSA) is 39.1 Å². The number of piperidine rings is 1. The van der Waals surface area contributed by atoms with Gasteiger partial charge in [-0.1, -0.05) is 19.9 Å². The van der Waals surface area contributed by atoms with Gasteiger partial charge in [-0.25, -0.2) is 0 Å². The fraction of sp³-hybridized carbons (Fsp3) is 0.562. The van der Waals surface area contributed by atoms with E-state index in [1.54, 1.807) is 0 Å². The standard InChI is InChI=1S/C16H23N3/c1-12-6-13(2)11-19(10-12)16-5-4-14(9-18-3)7-15(16)8-17/h4-5,7,12-13,18H,6,9-11H2,1-3H3. The van der Waals surface area contributed by atoms with Gasteiger partial charge in [-0.2, -0.15) is 5.26 Å². The second-order valence-corrected chi connectivity index (χ2v) is 5.84. The summed E-state index contributed by atoms with van der Waals surface area (Å²) in [5.74, 6) is 1.40. The highest BCUT2D eigenvalue weighted by Crippen LogP contribution is 2.29. The maximum atomic E-state index is 9.38. The van der Waals surface area contributed by atoms with Crippen molar-refractivity contribution >= 4 is 5.69 Å². The Morgan fingerprint density at radius 1 is 1.32 bits per heavy atom. The molecule has 1 saturated heterocycles. The summed E-state index contributed by atoms with van der Waals surface area (Å²) in [5.41, 5.74) is 3.07. The van der Waals surface area contributed by atoms with Gasteiger partial charge in [0.2, 0.25) is 0 Å². The number of hydrogen-bond acceptors (Lipinski definition) is 3. The molecule has 1 fully saturated rings. The maximum absolute atomic E-state index is 9.38. The fourth-order valence-corrected chi connectivity index (χ4v) is 3.12. The minimum absolute atomic E-state index is 0.701. The minimum atomic E-state index is 0.701. The van der Waals surface area contributed by atoms with E-state index in [9.17, 15) is 5.26 Å². The predicted molar refractivity (Wildman–Crippen MR) is 79.1 cm³/mol. The molecule has 1 aromatic rings. The van der Waals surface area contributed by atoms with Crippen molar-refractivity contribution in [3.63, 3.8) is 0 Å². The van der Waals surface area contributed by atoms with Crippen molar-refractivity contribution < 1.29 is 0 Å². The van der Waals surface area contributed by atoms with E-state index >= 15 is 0 Å². The average Bonchev–Trinajstić information content (AvgIpc) is 2.37. The zero-order valence-corrected chi connectivity index (χ0v) is 12.1. The Bertz CT molecular complexity index is 465. The lowest BCUT2D eigenvalue weighted by molar-refractivity contribution is 0.357. The van der Waals surface area contributed by atoms with Crippen LogP contribution in [0, 0.1) is 23.2 Å². The Morgan fingerprint density at radius 2 is 2.00 bits per heavy atom. The Balaban J connectivity index is 2.26. The van der Waals surface area contributed by atoms with Gasteiger partial charge in [-0.3, -0.25) is 0 Å². The summed E-state index contributed by atoms with van der Waals surface area (Å²) in [5, 5.41) is 12.5. The van der Waals surface area contributed by atoms with Crippen LogP contribution < -0.4 is 10.2 Å². The molecule has 0 aromatic heterocycles. The highest BCUT2D eigenvalue weighted by Gasteiger charge is 2.23. The molecule has 3 nitrogen and oxygen atoms in total. The monoisotopic (exact) mass is 257 g/mol. The normalized spacial score (nSPS) is 23.2. The first-order chi connectivity index (χ1) is 9.13. The van der Waals surface area contributed by atoms with Gasteiger partial charge in [0.25, 0.3) is 0 Å². The van der Waals surface area contributed by atoms with Crippen LogP contribution in [0.4, 0.5) is 5.69 Å². The van der Waals surface area contributed by atoms with Gasteiger partial charge in [-0.05, 0) is 43.0 Å². The van der Waals surface area contributed by atoms with Crippen molar-refractivity contribution in [2.45, 2.75) is 26.8 Å². The van der Waals surface area contributed by atoms with E-state index in [1.807, 2.05) is 13.1 Å². The van der Waals surface area contributed by atoms with Crippen molar-refractivity contribution in [1.29, 1.82) is 5.26 Å². The largest absolute Gasteiger partial charge is 0.370 e. The molecular weight excluding hydrogens is 234 g/mol. The summed E-state index contributed by atoms with van der Waals surface area (Å²) >= 11 is 0. The first-order valence-corrected chi connectivity index (χ1v) is 7.06. The molecule has 1 aromatic carbocycles. The molecule has 0 spiro atoms. The molecule has 1 heterocycles. The third-order valence-electron chi connectivity index (χ3n) is 3.77. The number of nitrogens with one attached hydrogen (secondary N) is 1. The Morgan fingerprint density at radius 3 is 2.58 bits per heavy atom. The number of hydrogen-bond donors (Lipinski definition) is 1. The average molecular weight is 257 g/mol. The molecule has 2 atom stereocenters. The van der Waals surface area contributed by atoms with E-state index in [2.05, 4.69) is 42.3 Å². The van der Waals surface area contributed by atoms with Crippen LogP contribution in [0.2, 0.25) is 0 Å². The van der Waals surface area contributed by atoms with Crippen LogP contribution >= 0.6 is 0 Å². The number of benzene rings is 1. The van der Waals surface area contributed by atoms with Crippen LogP contribution in [0.15, 0.2) is 18.2 Å². The number of anilines is 1. The van der Waals surface area contributed by atoms with Crippen LogP contribution in [0.1, 0.15) is 31.4 Å². The van der Waals surface area contributed by atoms with Gasteiger partial charge in [0, 0.05) is 19.6 Å². The predicted octanol–water partition coefficient (Wildman–Crippen LogP) is 2.76. The Labute approximate surface area is 116 Å². The van der Waals surface area contributed by atoms with Gasteiger partial charge in [0.05, 0.1) is 11.3 Å². The SMILES string of the molecule is CNCc1ccc(N2CC(C)CC(C)C2)c(C#N)c1. The zero-order valence-electron chi connectivity index (χ0n) is 12.1. The van der Waals surface area contributed by atoms with E-state index in [4.69, 9.17) is 0 Å². The molecule has 0 aliphatic carbocycles. The van der Waals surface area contributed by atoms with Crippen LogP contribution in [-0.2, 0) is 6.54 Å². The van der Waals surface area contributed by atoms with Gasteiger partial charge >= 0.3 is 0 Å². The number of rotatable bonds is 3. The van der Waals surface area contributed by atoms with Crippen molar-refractivity contribution in [2.75, 3.05) is 25.0 Å². The molecule has 3 heteroatoms. The summed E-state index contributed by atoms with van der Waals surface area (Å²) in [6.45, 7) is 7.52. The third kappa shape index (κ3) is 3.27. The van der Waals surface area contributed by atoms with Crippen LogP contribution in [0.25, 0.3) is 0 Å². The molecule has 1 aliphatic heterocycles. The molecule has 0 amide bonds. The molecule has 1 aliphatic rings. The van der Waals surface area contributed by atoms with E-state index in [1.165, 1.54) is 12.0 Å². The zero-order chi connectivity index (χ0) is 13.8. The maximum Gasteiger partial charge on any atom is 0.101 e. The second kappa shape index (κ2) is 6.08. The summed E-state index contributed by atoms with van der Waals surface area (Å²) in [7, 11) is 1.92. The van der Waals surface area contributed by atoms with Crippen molar-refractivity contribution in [3.8, 4) is 6.07 Å². The number of nitriles is 1. The lowest BCUT2D eigenvalue weighted by atomic mass is 9.91. The summed E-state index contributed by atoms with van der Waals surface area (Å²) in [6, 6.07) is 8.59. The van der Waals surface area contributed by atoms with Gasteiger partial charge < -0.3 is 10.2 Å². The fourth-order valence-electron chi connectivity index (χ4n) is 3.12. The first-order valence-electron chi connectivity index (χ1n) is 7.06. The highest BCUT2D eigenvalue weighted by molar-refractivity contribution is 5.60.